The molecule has 0 spiro atoms. The molecule has 0 aliphatic rings. The van der Waals surface area contributed by atoms with Gasteiger partial charge in [0.25, 0.3) is 0 Å². The molecule has 3 nitrogen and oxygen atoms in total. The summed E-state index contributed by atoms with van der Waals surface area (Å²) in [7, 11) is 0. The molecular formula is C17H18BrFN2O. The molecule has 2 rings (SSSR count). The van der Waals surface area contributed by atoms with E-state index in [1.807, 2.05) is 25.1 Å². The SMILES string of the molecule is Cc1ccc(NCCC(=O)NCc2ccc(F)cc2)cc1Br. The molecule has 0 atom stereocenters. The molecule has 2 N–H and O–H groups in total. The fourth-order valence-electron chi connectivity index (χ4n) is 1.91. The Balaban J connectivity index is 1.71. The first-order valence-corrected chi connectivity index (χ1v) is 7.85. The van der Waals surface area contributed by atoms with Gasteiger partial charge in [-0.1, -0.05) is 34.1 Å². The van der Waals surface area contributed by atoms with E-state index in [1.54, 1.807) is 12.1 Å². The van der Waals surface area contributed by atoms with Gasteiger partial charge in [-0.05, 0) is 42.3 Å². The molecule has 116 valence electrons. The van der Waals surface area contributed by atoms with Crippen molar-refractivity contribution in [3.63, 3.8) is 0 Å². The van der Waals surface area contributed by atoms with Crippen LogP contribution in [-0.4, -0.2) is 12.5 Å². The fourth-order valence-corrected chi connectivity index (χ4v) is 2.29. The minimum absolute atomic E-state index is 0.0389. The molecule has 0 bridgehead atoms. The van der Waals surface area contributed by atoms with Crippen molar-refractivity contribution in [2.24, 2.45) is 0 Å². The normalized spacial score (nSPS) is 10.3. The van der Waals surface area contributed by atoms with E-state index in [-0.39, 0.29) is 11.7 Å². The Morgan fingerprint density at radius 1 is 1.18 bits per heavy atom. The van der Waals surface area contributed by atoms with E-state index in [1.165, 1.54) is 17.7 Å². The second kappa shape index (κ2) is 7.94. The smallest absolute Gasteiger partial charge is 0.222 e. The van der Waals surface area contributed by atoms with E-state index < -0.39 is 0 Å². The Bertz CT molecular complexity index is 644. The first-order chi connectivity index (χ1) is 10.5. The summed E-state index contributed by atoms with van der Waals surface area (Å²) >= 11 is 3.48. The van der Waals surface area contributed by atoms with Gasteiger partial charge in [-0.3, -0.25) is 4.79 Å². The molecule has 0 aliphatic heterocycles. The summed E-state index contributed by atoms with van der Waals surface area (Å²) in [5.41, 5.74) is 3.02. The third kappa shape index (κ3) is 5.15. The number of rotatable bonds is 6. The van der Waals surface area contributed by atoms with Crippen molar-refractivity contribution in [2.45, 2.75) is 19.9 Å². The lowest BCUT2D eigenvalue weighted by Gasteiger charge is -2.09. The van der Waals surface area contributed by atoms with Crippen LogP contribution >= 0.6 is 15.9 Å². The van der Waals surface area contributed by atoms with Gasteiger partial charge in [0.1, 0.15) is 5.82 Å². The Kier molecular flexibility index (Phi) is 5.95. The van der Waals surface area contributed by atoms with Gasteiger partial charge in [-0.25, -0.2) is 4.39 Å². The maximum absolute atomic E-state index is 12.8. The van der Waals surface area contributed by atoms with Crippen LogP contribution in [-0.2, 0) is 11.3 Å². The van der Waals surface area contributed by atoms with Crippen molar-refractivity contribution in [1.82, 2.24) is 5.32 Å². The topological polar surface area (TPSA) is 41.1 Å². The van der Waals surface area contributed by atoms with Crippen LogP contribution in [0.15, 0.2) is 46.9 Å². The van der Waals surface area contributed by atoms with E-state index in [0.29, 0.717) is 19.5 Å². The van der Waals surface area contributed by atoms with Crippen LogP contribution in [0.1, 0.15) is 17.5 Å². The fraction of sp³-hybridized carbons (Fsp3) is 0.235. The molecule has 22 heavy (non-hydrogen) atoms. The molecule has 0 aromatic heterocycles. The van der Waals surface area contributed by atoms with Crippen molar-refractivity contribution in [2.75, 3.05) is 11.9 Å². The summed E-state index contributed by atoms with van der Waals surface area (Å²) in [5.74, 6) is -0.313. The van der Waals surface area contributed by atoms with E-state index in [0.717, 1.165) is 15.7 Å². The molecule has 0 radical (unpaired) electrons. The van der Waals surface area contributed by atoms with Crippen LogP contribution in [0, 0.1) is 12.7 Å². The van der Waals surface area contributed by atoms with Crippen LogP contribution in [0.2, 0.25) is 0 Å². The number of hydrogen-bond acceptors (Lipinski definition) is 2. The lowest BCUT2D eigenvalue weighted by Crippen LogP contribution is -2.24. The second-order valence-corrected chi connectivity index (χ2v) is 5.90. The zero-order chi connectivity index (χ0) is 15.9. The third-order valence-corrected chi connectivity index (χ3v) is 4.11. The largest absolute Gasteiger partial charge is 0.384 e. The van der Waals surface area contributed by atoms with Gasteiger partial charge in [0.15, 0.2) is 0 Å². The molecule has 0 unspecified atom stereocenters. The highest BCUT2D eigenvalue weighted by molar-refractivity contribution is 9.10. The number of aryl methyl sites for hydroxylation is 1. The second-order valence-electron chi connectivity index (χ2n) is 5.04. The number of hydrogen-bond donors (Lipinski definition) is 2. The van der Waals surface area contributed by atoms with E-state index >= 15 is 0 Å². The lowest BCUT2D eigenvalue weighted by atomic mass is 10.2. The number of carbonyl (C=O) groups excluding carboxylic acids is 1. The monoisotopic (exact) mass is 364 g/mol. The zero-order valence-corrected chi connectivity index (χ0v) is 13.9. The molecule has 5 heteroatoms. The predicted molar refractivity (Wildman–Crippen MR) is 90.2 cm³/mol. The number of benzene rings is 2. The number of nitrogens with one attached hydrogen (secondary N) is 2. The molecule has 1 amide bonds. The van der Waals surface area contributed by atoms with Gasteiger partial charge in [0.05, 0.1) is 0 Å². The predicted octanol–water partition coefficient (Wildman–Crippen LogP) is 4.02. The summed E-state index contributed by atoms with van der Waals surface area (Å²) in [6, 6.07) is 12.1. The van der Waals surface area contributed by atoms with Crippen LogP contribution in [0.5, 0.6) is 0 Å². The van der Waals surface area contributed by atoms with Gasteiger partial charge in [0.2, 0.25) is 5.91 Å². The van der Waals surface area contributed by atoms with Gasteiger partial charge < -0.3 is 10.6 Å². The van der Waals surface area contributed by atoms with Crippen LogP contribution in [0.3, 0.4) is 0 Å². The molecule has 2 aromatic carbocycles. The van der Waals surface area contributed by atoms with Crippen LogP contribution in [0.25, 0.3) is 0 Å². The maximum atomic E-state index is 12.8. The Hall–Kier alpha value is -1.88. The standard InChI is InChI=1S/C17H18BrFN2O/c1-12-2-7-15(10-16(12)18)20-9-8-17(22)21-11-13-3-5-14(19)6-4-13/h2-7,10,20H,8-9,11H2,1H3,(H,21,22). The van der Waals surface area contributed by atoms with Gasteiger partial charge in [0, 0.05) is 29.7 Å². The van der Waals surface area contributed by atoms with Gasteiger partial charge in [-0.15, -0.1) is 0 Å². The Morgan fingerprint density at radius 2 is 1.91 bits per heavy atom. The lowest BCUT2D eigenvalue weighted by molar-refractivity contribution is -0.121. The minimum Gasteiger partial charge on any atom is -0.384 e. The number of halogens is 2. The third-order valence-electron chi connectivity index (χ3n) is 3.26. The van der Waals surface area contributed by atoms with Gasteiger partial charge >= 0.3 is 0 Å². The quantitative estimate of drug-likeness (QED) is 0.812. The molecule has 0 aliphatic carbocycles. The average Bonchev–Trinajstić information content (AvgIpc) is 2.50. The van der Waals surface area contributed by atoms with Crippen molar-refractivity contribution in [3.8, 4) is 0 Å². The Morgan fingerprint density at radius 3 is 2.59 bits per heavy atom. The molecule has 0 fully saturated rings. The first kappa shape index (κ1) is 16.5. The molecule has 2 aromatic rings. The van der Waals surface area contributed by atoms with Crippen LogP contribution < -0.4 is 10.6 Å². The number of carbonyl (C=O) groups is 1. The van der Waals surface area contributed by atoms with E-state index in [9.17, 15) is 9.18 Å². The maximum Gasteiger partial charge on any atom is 0.222 e. The highest BCUT2D eigenvalue weighted by atomic mass is 79.9. The van der Waals surface area contributed by atoms with E-state index in [2.05, 4.69) is 26.6 Å². The average molecular weight is 365 g/mol. The number of amides is 1. The summed E-state index contributed by atoms with van der Waals surface area (Å²) in [6.07, 6.45) is 0.382. The van der Waals surface area contributed by atoms with Crippen molar-refractivity contribution in [1.29, 1.82) is 0 Å². The van der Waals surface area contributed by atoms with Crippen molar-refractivity contribution < 1.29 is 9.18 Å². The van der Waals surface area contributed by atoms with Crippen molar-refractivity contribution in [3.05, 3.63) is 63.9 Å². The highest BCUT2D eigenvalue weighted by Gasteiger charge is 2.02. The summed E-state index contributed by atoms with van der Waals surface area (Å²) in [6.45, 7) is 3.00. The number of anilines is 1. The summed E-state index contributed by atoms with van der Waals surface area (Å²) in [5, 5.41) is 6.02. The molecule has 0 heterocycles. The summed E-state index contributed by atoms with van der Waals surface area (Å²) < 4.78 is 13.8. The van der Waals surface area contributed by atoms with Crippen molar-refractivity contribution >= 4 is 27.5 Å². The molecular weight excluding hydrogens is 347 g/mol. The Labute approximate surface area is 138 Å². The molecule has 0 saturated carbocycles. The van der Waals surface area contributed by atoms with E-state index in [4.69, 9.17) is 0 Å². The summed E-state index contributed by atoms with van der Waals surface area (Å²) in [4.78, 5) is 11.8. The minimum atomic E-state index is -0.275. The first-order valence-electron chi connectivity index (χ1n) is 7.06. The van der Waals surface area contributed by atoms with Gasteiger partial charge in [-0.2, -0.15) is 0 Å². The highest BCUT2D eigenvalue weighted by Crippen LogP contribution is 2.20. The van der Waals surface area contributed by atoms with Crippen LogP contribution in [0.4, 0.5) is 10.1 Å². The molecule has 0 saturated heterocycles. The zero-order valence-electron chi connectivity index (χ0n) is 12.3.